The van der Waals surface area contributed by atoms with Gasteiger partial charge in [-0.3, -0.25) is 0 Å². The summed E-state index contributed by atoms with van der Waals surface area (Å²) in [6.45, 7) is 3.81. The summed E-state index contributed by atoms with van der Waals surface area (Å²) in [7, 11) is 1.61. The van der Waals surface area contributed by atoms with Gasteiger partial charge in [-0.05, 0) is 44.7 Å². The summed E-state index contributed by atoms with van der Waals surface area (Å²) in [5.41, 5.74) is 7.40. The van der Waals surface area contributed by atoms with Crippen LogP contribution < -0.4 is 11.1 Å². The molecule has 0 bridgehead atoms. The molecule has 2 heterocycles. The lowest BCUT2D eigenvalue weighted by molar-refractivity contribution is -0.223. The lowest BCUT2D eigenvalue weighted by Gasteiger charge is -2.31. The first-order chi connectivity index (χ1) is 14.8. The van der Waals surface area contributed by atoms with Crippen LogP contribution in [0.5, 0.6) is 0 Å². The number of aliphatic hydroxyl groups is 1. The zero-order chi connectivity index (χ0) is 22.2. The third-order valence-electron chi connectivity index (χ3n) is 5.50. The van der Waals surface area contributed by atoms with Gasteiger partial charge in [0.1, 0.15) is 16.0 Å². The molecule has 3 aromatic rings. The van der Waals surface area contributed by atoms with E-state index in [2.05, 4.69) is 15.3 Å². The molecule has 0 unspecified atom stereocenters. The summed E-state index contributed by atoms with van der Waals surface area (Å²) in [5.74, 6) is -0.0731. The van der Waals surface area contributed by atoms with Gasteiger partial charge in [-0.25, -0.2) is 9.97 Å². The van der Waals surface area contributed by atoms with Crippen molar-refractivity contribution in [1.29, 1.82) is 0 Å². The first kappa shape index (κ1) is 22.2. The SMILES string of the molecule is COC(C)(C)O[C@@H]1C[C@@H](CO)C[C@H]1Nc1nc(N)nc(Cl)c1-c1nc2ccccc2s1. The number of hydrogen-bond donors (Lipinski definition) is 3. The van der Waals surface area contributed by atoms with Crippen LogP contribution in [-0.4, -0.2) is 51.7 Å². The summed E-state index contributed by atoms with van der Waals surface area (Å²) < 4.78 is 12.7. The topological polar surface area (TPSA) is 115 Å². The largest absolute Gasteiger partial charge is 0.396 e. The summed E-state index contributed by atoms with van der Waals surface area (Å²) in [6.07, 6.45) is 1.22. The van der Waals surface area contributed by atoms with E-state index in [1.807, 2.05) is 38.1 Å². The number of fused-ring (bicyclic) bond motifs is 1. The molecule has 3 atom stereocenters. The average Bonchev–Trinajstić information content (AvgIpc) is 3.31. The minimum atomic E-state index is -0.757. The molecular formula is C21H26ClN5O3S. The smallest absolute Gasteiger partial charge is 0.223 e. The Morgan fingerprint density at radius 3 is 2.74 bits per heavy atom. The fraction of sp³-hybridized carbons (Fsp3) is 0.476. The van der Waals surface area contributed by atoms with Crippen molar-refractivity contribution in [2.45, 2.75) is 44.6 Å². The molecule has 31 heavy (non-hydrogen) atoms. The number of aliphatic hydroxyl groups excluding tert-OH is 1. The maximum absolute atomic E-state index is 9.73. The highest BCUT2D eigenvalue weighted by atomic mass is 35.5. The van der Waals surface area contributed by atoms with Crippen molar-refractivity contribution in [3.63, 3.8) is 0 Å². The highest BCUT2D eigenvalue weighted by molar-refractivity contribution is 7.21. The lowest BCUT2D eigenvalue weighted by Crippen LogP contribution is -2.39. The Morgan fingerprint density at radius 2 is 2.03 bits per heavy atom. The van der Waals surface area contributed by atoms with Gasteiger partial charge in [-0.15, -0.1) is 11.3 Å². The van der Waals surface area contributed by atoms with Gasteiger partial charge in [0.05, 0.1) is 27.9 Å². The van der Waals surface area contributed by atoms with Crippen LogP contribution in [0.3, 0.4) is 0 Å². The lowest BCUT2D eigenvalue weighted by atomic mass is 10.1. The number of thiazole rings is 1. The minimum absolute atomic E-state index is 0.0729. The van der Waals surface area contributed by atoms with Gasteiger partial charge in [0.15, 0.2) is 5.79 Å². The van der Waals surface area contributed by atoms with E-state index in [1.165, 1.54) is 11.3 Å². The zero-order valence-electron chi connectivity index (χ0n) is 17.6. The summed E-state index contributed by atoms with van der Waals surface area (Å²) >= 11 is 8.02. The number of anilines is 2. The number of nitrogens with one attached hydrogen (secondary N) is 1. The standard InChI is InChI=1S/C21H26ClN5O3S/c1-21(2,29-3)30-14-9-11(10-28)8-13(14)24-18-16(17(22)26-20(23)27-18)19-25-12-6-4-5-7-15(12)31-19/h4-7,11,13-14,28H,8-10H2,1-3H3,(H3,23,24,26,27)/t11-,13+,14+/m0/s1. The number of methoxy groups -OCH3 is 1. The first-order valence-electron chi connectivity index (χ1n) is 10.1. The molecule has 2 aromatic heterocycles. The van der Waals surface area contributed by atoms with Crippen LogP contribution in [0.2, 0.25) is 5.15 Å². The third-order valence-corrected chi connectivity index (χ3v) is 6.83. The van der Waals surface area contributed by atoms with Gasteiger partial charge < -0.3 is 25.6 Å². The number of benzene rings is 1. The molecule has 1 saturated carbocycles. The fourth-order valence-electron chi connectivity index (χ4n) is 3.84. The highest BCUT2D eigenvalue weighted by Crippen LogP contribution is 2.40. The predicted molar refractivity (Wildman–Crippen MR) is 123 cm³/mol. The summed E-state index contributed by atoms with van der Waals surface area (Å²) in [4.78, 5) is 13.3. The molecule has 4 rings (SSSR count). The van der Waals surface area contributed by atoms with Crippen LogP contribution in [0.1, 0.15) is 26.7 Å². The van der Waals surface area contributed by atoms with Crippen LogP contribution in [-0.2, 0) is 9.47 Å². The average molecular weight is 464 g/mol. The molecule has 166 valence electrons. The van der Waals surface area contributed by atoms with Gasteiger partial charge >= 0.3 is 0 Å². The van der Waals surface area contributed by atoms with Gasteiger partial charge in [0.2, 0.25) is 5.95 Å². The Labute approximate surface area is 189 Å². The van der Waals surface area contributed by atoms with Crippen molar-refractivity contribution in [1.82, 2.24) is 15.0 Å². The van der Waals surface area contributed by atoms with Gasteiger partial charge in [-0.2, -0.15) is 4.98 Å². The monoisotopic (exact) mass is 463 g/mol. The molecule has 0 aliphatic heterocycles. The Bertz CT molecular complexity index is 1040. The Kier molecular flexibility index (Phi) is 6.32. The molecule has 0 spiro atoms. The van der Waals surface area contributed by atoms with E-state index < -0.39 is 5.79 Å². The molecule has 1 fully saturated rings. The number of aromatic nitrogens is 3. The van der Waals surface area contributed by atoms with E-state index in [9.17, 15) is 5.11 Å². The van der Waals surface area contributed by atoms with Crippen molar-refractivity contribution < 1.29 is 14.6 Å². The normalized spacial score (nSPS) is 21.6. The maximum atomic E-state index is 9.73. The van der Waals surface area contributed by atoms with Crippen molar-refractivity contribution >= 4 is 44.9 Å². The van der Waals surface area contributed by atoms with E-state index in [0.29, 0.717) is 29.2 Å². The zero-order valence-corrected chi connectivity index (χ0v) is 19.2. The van der Waals surface area contributed by atoms with E-state index in [-0.39, 0.29) is 35.8 Å². The number of nitrogen functional groups attached to an aromatic ring is 1. The van der Waals surface area contributed by atoms with E-state index >= 15 is 0 Å². The number of ether oxygens (including phenoxy) is 2. The molecular weight excluding hydrogens is 438 g/mol. The molecule has 1 aliphatic rings. The number of nitrogens with two attached hydrogens (primary N) is 1. The molecule has 4 N–H and O–H groups in total. The molecule has 0 saturated heterocycles. The van der Waals surface area contributed by atoms with E-state index in [4.69, 9.17) is 31.8 Å². The first-order valence-corrected chi connectivity index (χ1v) is 11.3. The minimum Gasteiger partial charge on any atom is -0.396 e. The Balaban J connectivity index is 1.70. The van der Waals surface area contributed by atoms with Crippen LogP contribution in [0.15, 0.2) is 24.3 Å². The van der Waals surface area contributed by atoms with Gasteiger partial charge in [0.25, 0.3) is 0 Å². The molecule has 1 aliphatic carbocycles. The maximum Gasteiger partial charge on any atom is 0.223 e. The number of hydrogen-bond acceptors (Lipinski definition) is 9. The fourth-order valence-corrected chi connectivity index (χ4v) is 5.18. The van der Waals surface area contributed by atoms with Crippen molar-refractivity contribution in [2.24, 2.45) is 5.92 Å². The Morgan fingerprint density at radius 1 is 1.26 bits per heavy atom. The van der Waals surface area contributed by atoms with Crippen LogP contribution in [0, 0.1) is 5.92 Å². The highest BCUT2D eigenvalue weighted by Gasteiger charge is 2.39. The second-order valence-electron chi connectivity index (χ2n) is 8.11. The van der Waals surface area contributed by atoms with Crippen LogP contribution >= 0.6 is 22.9 Å². The van der Waals surface area contributed by atoms with Gasteiger partial charge in [0, 0.05) is 13.7 Å². The second kappa shape index (κ2) is 8.84. The molecule has 1 aromatic carbocycles. The van der Waals surface area contributed by atoms with Gasteiger partial charge in [-0.1, -0.05) is 23.7 Å². The second-order valence-corrected chi connectivity index (χ2v) is 9.50. The predicted octanol–water partition coefficient (Wildman–Crippen LogP) is 3.94. The molecule has 0 radical (unpaired) electrons. The van der Waals surface area contributed by atoms with E-state index in [1.54, 1.807) is 7.11 Å². The Hall–Kier alpha value is -2.04. The van der Waals surface area contributed by atoms with Crippen molar-refractivity contribution in [3.8, 4) is 10.6 Å². The quantitative estimate of drug-likeness (QED) is 0.356. The molecule has 8 nitrogen and oxygen atoms in total. The number of rotatable bonds is 7. The van der Waals surface area contributed by atoms with Crippen LogP contribution in [0.4, 0.5) is 11.8 Å². The summed E-state index contributed by atoms with van der Waals surface area (Å²) in [5, 5.41) is 14.1. The van der Waals surface area contributed by atoms with Crippen molar-refractivity contribution in [2.75, 3.05) is 24.8 Å². The number of halogens is 1. The summed E-state index contributed by atoms with van der Waals surface area (Å²) in [6, 6.07) is 7.75. The molecule has 10 heteroatoms. The van der Waals surface area contributed by atoms with E-state index in [0.717, 1.165) is 10.2 Å². The number of para-hydroxylation sites is 1. The molecule has 0 amide bonds. The number of nitrogens with zero attached hydrogens (tertiary/aromatic N) is 3. The van der Waals surface area contributed by atoms with Crippen molar-refractivity contribution in [3.05, 3.63) is 29.4 Å². The van der Waals surface area contributed by atoms with Crippen LogP contribution in [0.25, 0.3) is 20.8 Å². The third kappa shape index (κ3) is 4.75.